The van der Waals surface area contributed by atoms with Crippen LogP contribution in [0.15, 0.2) is 0 Å². The van der Waals surface area contributed by atoms with Gasteiger partial charge in [-0.05, 0) is 25.7 Å². The highest BCUT2D eigenvalue weighted by Crippen LogP contribution is 2.41. The summed E-state index contributed by atoms with van der Waals surface area (Å²) in [5.74, 6) is -6.38. The van der Waals surface area contributed by atoms with Gasteiger partial charge in [0.1, 0.15) is 116 Å². The first-order valence-corrected chi connectivity index (χ1v) is 32.0. The van der Waals surface area contributed by atoms with Crippen LogP contribution in [-0.2, 0) is 66.5 Å². The second-order valence-electron chi connectivity index (χ2n) is 24.0. The molecule has 29 atom stereocenters. The van der Waals surface area contributed by atoms with E-state index in [4.69, 9.17) is 47.4 Å². The number of nitrogens with one attached hydrogen (secondary N) is 5. The van der Waals surface area contributed by atoms with Crippen LogP contribution in [0.1, 0.15) is 84.5 Å². The minimum Gasteiger partial charge on any atom is -0.477 e. The Hall–Kier alpha value is -3.50. The van der Waals surface area contributed by atoms with Gasteiger partial charge in [0.05, 0.1) is 57.3 Å². The maximum Gasteiger partial charge on any atom is 0.364 e. The third kappa shape index (κ3) is 18.6. The van der Waals surface area contributed by atoms with Crippen molar-refractivity contribution in [2.45, 2.75) is 261 Å². The van der Waals surface area contributed by atoms with Gasteiger partial charge >= 0.3 is 12.0 Å². The van der Waals surface area contributed by atoms with Gasteiger partial charge in [0, 0.05) is 50.8 Å². The minimum atomic E-state index is -3.34. The topological polar surface area (TPSA) is 561 Å². The molecule has 530 valence electrons. The second kappa shape index (κ2) is 35.1. The zero-order chi connectivity index (χ0) is 67.3. The van der Waals surface area contributed by atoms with E-state index >= 15 is 0 Å². The lowest BCUT2D eigenvalue weighted by Gasteiger charge is -2.52. The summed E-state index contributed by atoms with van der Waals surface area (Å²) in [6, 6.07) is -3.46. The summed E-state index contributed by atoms with van der Waals surface area (Å²) in [6.45, 7) is -2.87. The number of unbranched alkanes of at least 4 members (excludes halogenated alkanes) is 6. The van der Waals surface area contributed by atoms with Crippen LogP contribution in [0.4, 0.5) is 4.79 Å². The van der Waals surface area contributed by atoms with Gasteiger partial charge < -0.3 is 156 Å². The minimum absolute atomic E-state index is 0.0139. The van der Waals surface area contributed by atoms with Crippen LogP contribution in [0.2, 0.25) is 0 Å². The van der Waals surface area contributed by atoms with Gasteiger partial charge in [0.15, 0.2) is 25.2 Å². The molecule has 0 spiro atoms. The van der Waals surface area contributed by atoms with E-state index in [9.17, 15) is 106 Å². The van der Waals surface area contributed by atoms with Crippen molar-refractivity contribution in [1.82, 2.24) is 26.6 Å². The van der Waals surface area contributed by atoms with E-state index in [2.05, 4.69) is 26.6 Å². The third-order valence-corrected chi connectivity index (χ3v) is 18.8. The Labute approximate surface area is 532 Å². The molecule has 0 unspecified atom stereocenters. The van der Waals surface area contributed by atoms with E-state index in [1.807, 2.05) is 11.8 Å². The fourth-order valence-electron chi connectivity index (χ4n) is 12.4. The van der Waals surface area contributed by atoms with Crippen molar-refractivity contribution in [1.29, 1.82) is 0 Å². The van der Waals surface area contributed by atoms with Crippen molar-refractivity contribution < 1.29 is 153 Å². The van der Waals surface area contributed by atoms with E-state index in [1.165, 1.54) is 0 Å². The molecular weight excluding hydrogens is 1260 g/mol. The first-order valence-electron chi connectivity index (χ1n) is 31.0. The van der Waals surface area contributed by atoms with Gasteiger partial charge in [-0.15, -0.1) is 0 Å². The Morgan fingerprint density at radius 2 is 1.18 bits per heavy atom. The van der Waals surface area contributed by atoms with Crippen molar-refractivity contribution in [3.63, 3.8) is 0 Å². The average molecular weight is 1350 g/mol. The Bertz CT molecular complexity index is 2350. The van der Waals surface area contributed by atoms with Crippen LogP contribution in [0, 0.1) is 0 Å². The number of carbonyl (C=O) groups excluding carboxylic acids is 4. The van der Waals surface area contributed by atoms with E-state index < -0.39 is 216 Å². The molecule has 0 aromatic rings. The maximum atomic E-state index is 13.7. The van der Waals surface area contributed by atoms with E-state index in [0.29, 0.717) is 31.1 Å². The zero-order valence-corrected chi connectivity index (χ0v) is 51.6. The molecular formula is C55H93N5O31S. The number of carbonyl (C=O) groups is 5. The number of aliphatic hydroxyl groups is 15. The number of thioether (sulfide) groups is 1. The Morgan fingerprint density at radius 1 is 0.620 bits per heavy atom. The number of hydrogen-bond acceptors (Lipinski definition) is 31. The lowest BCUT2D eigenvalue weighted by atomic mass is 9.88. The van der Waals surface area contributed by atoms with Crippen molar-refractivity contribution in [3.8, 4) is 0 Å². The number of carboxylic acids is 1. The van der Waals surface area contributed by atoms with Crippen LogP contribution in [0.5, 0.6) is 0 Å². The number of rotatable bonds is 33. The number of carboxylic acid groups (broad SMARTS) is 1. The lowest BCUT2D eigenvalue weighted by molar-refractivity contribution is -0.403. The van der Waals surface area contributed by atoms with Crippen LogP contribution in [0.25, 0.3) is 0 Å². The predicted molar refractivity (Wildman–Crippen MR) is 305 cm³/mol. The van der Waals surface area contributed by atoms with Gasteiger partial charge in [-0.3, -0.25) is 14.4 Å². The molecule has 0 aromatic carbocycles. The van der Waals surface area contributed by atoms with Crippen LogP contribution >= 0.6 is 11.8 Å². The molecule has 37 heteroatoms. The molecule has 0 saturated carbocycles. The number of amides is 5. The molecule has 0 aliphatic carbocycles. The lowest BCUT2D eigenvalue weighted by Crippen LogP contribution is -2.72. The number of ether oxygens (including phenoxy) is 10. The van der Waals surface area contributed by atoms with Crippen LogP contribution in [-0.4, -0.2) is 340 Å². The van der Waals surface area contributed by atoms with Gasteiger partial charge in [0.25, 0.3) is 5.79 Å². The molecule has 0 radical (unpaired) electrons. The number of aliphatic carboxylic acids is 1. The SMILES string of the molecule is CC(=O)N[C@H]1[C@H](O[C@@H]2[C@H](O[C@]3(C(=O)O)C[C@H](O)[C@@H](NC(C)=O)[C@H]([C@H](O)[C@H](O)CO)O3)[C@@H](O)[C@H](O[C@H]3[C@H](O)[C@@H](O)[C@H](OCCCCCCCCNC(=O)CCCC[C@@H]4SC[C@@H]5NC(=O)N[C@@H]54)O[C@@H]3CO)O[C@@H]2CO)O[C@H](CO)[C@H](O)[C@@H]1O[C@@H]1O[C@H](CO)[C@H](O)[C@H](O)[C@H]1O. The Kier molecular flexibility index (Phi) is 29.0. The van der Waals surface area contributed by atoms with Gasteiger partial charge in [-0.1, -0.05) is 32.1 Å². The smallest absolute Gasteiger partial charge is 0.364 e. The summed E-state index contributed by atoms with van der Waals surface area (Å²) < 4.78 is 59.2. The summed E-state index contributed by atoms with van der Waals surface area (Å²) >= 11 is 1.84. The molecule has 5 amide bonds. The molecule has 21 N–H and O–H groups in total. The average Bonchev–Trinajstić information content (AvgIpc) is 0.865. The predicted octanol–water partition coefficient (Wildman–Crippen LogP) is -9.22. The fraction of sp³-hybridized carbons (Fsp3) is 0.909. The summed E-state index contributed by atoms with van der Waals surface area (Å²) in [5.41, 5.74) is 0. The van der Waals surface area contributed by atoms with Crippen molar-refractivity contribution >= 4 is 41.5 Å². The maximum absolute atomic E-state index is 13.7. The summed E-state index contributed by atoms with van der Waals surface area (Å²) in [4.78, 5) is 63.0. The standard InChI is InChI=1S/C55H93N5O31S/c1-22(66)57-34-25(68)15-55(53(79)80,90-47(34)36(71)26(69)16-61)91-48-43(78)52(86-30(20-65)45(48)88-49-35(58-23(2)67)46(38(73)28(18-63)83-49)89-51-41(76)39(74)37(72)27(17-62)84-51)87-44-29(19-64)85-50(42(77)40(44)75)82-14-10-6-4-3-5-9-13-56-32(70)12-8-7-11-31-33-24(21-92-31)59-54(81)60-33/h24-31,33-52,61-65,68-69,71-78H,3-21H2,1-2H3,(H,56,70)(H,57,66)(H,58,67)(H,79,80)(H2,59,60,81)/t24-,25-,26+,27+,28+,29+,30+,31-,33-,34+,35+,36+,37-,38-,39-,40+,41+,42+,43+,44+,45-,46+,47+,48+,49-,50+,51-,52-,55-/m0/s1. The van der Waals surface area contributed by atoms with E-state index in [0.717, 1.165) is 64.5 Å². The largest absolute Gasteiger partial charge is 0.477 e. The molecule has 7 heterocycles. The second-order valence-corrected chi connectivity index (χ2v) is 25.3. The number of urea groups is 1. The van der Waals surface area contributed by atoms with Gasteiger partial charge in [0.2, 0.25) is 17.7 Å². The van der Waals surface area contributed by atoms with Crippen molar-refractivity contribution in [2.24, 2.45) is 0 Å². The summed E-state index contributed by atoms with van der Waals surface area (Å²) in [6.07, 6.45) is -40.5. The first-order chi connectivity index (χ1) is 43.8. The highest BCUT2D eigenvalue weighted by molar-refractivity contribution is 8.00. The summed E-state index contributed by atoms with van der Waals surface area (Å²) in [5, 5.41) is 189. The summed E-state index contributed by atoms with van der Waals surface area (Å²) in [7, 11) is 0. The van der Waals surface area contributed by atoms with E-state index in [-0.39, 0.29) is 30.6 Å². The molecule has 7 aliphatic rings. The normalized spacial score (nSPS) is 41.2. The molecule has 7 fully saturated rings. The molecule has 7 aliphatic heterocycles. The Balaban J connectivity index is 1.03. The fourth-order valence-corrected chi connectivity index (χ4v) is 13.9. The molecule has 0 aromatic heterocycles. The van der Waals surface area contributed by atoms with Crippen molar-refractivity contribution in [3.05, 3.63) is 0 Å². The number of aliphatic hydroxyl groups excluding tert-OH is 15. The van der Waals surface area contributed by atoms with Crippen molar-refractivity contribution in [2.75, 3.05) is 51.9 Å². The van der Waals surface area contributed by atoms with E-state index in [1.54, 1.807) is 0 Å². The molecule has 92 heavy (non-hydrogen) atoms. The molecule has 36 nitrogen and oxygen atoms in total. The quantitative estimate of drug-likeness (QED) is 0.0214. The third-order valence-electron chi connectivity index (χ3n) is 17.3. The van der Waals surface area contributed by atoms with Crippen LogP contribution in [0.3, 0.4) is 0 Å². The first kappa shape index (κ1) is 75.9. The number of hydrogen-bond donors (Lipinski definition) is 21. The molecule has 7 saturated heterocycles. The zero-order valence-electron chi connectivity index (χ0n) is 50.8. The van der Waals surface area contributed by atoms with Gasteiger partial charge in [-0.2, -0.15) is 11.8 Å². The molecule has 0 bridgehead atoms. The number of fused-ring (bicyclic) bond motifs is 1. The Morgan fingerprint density at radius 3 is 1.84 bits per heavy atom. The highest BCUT2D eigenvalue weighted by atomic mass is 32.2. The van der Waals surface area contributed by atoms with Gasteiger partial charge in [-0.25, -0.2) is 9.59 Å². The molecule has 7 rings (SSSR count). The monoisotopic (exact) mass is 1350 g/mol. The highest BCUT2D eigenvalue weighted by Gasteiger charge is 2.62. The van der Waals surface area contributed by atoms with Crippen LogP contribution < -0.4 is 26.6 Å².